The van der Waals surface area contributed by atoms with E-state index >= 15 is 0 Å². The number of allylic oxidation sites excluding steroid dienone is 2. The number of hydrogen-bond acceptors (Lipinski definition) is 8. The molecular weight excluding hydrogens is 558 g/mol. The largest absolute Gasteiger partial charge is 0.466 e. The molecule has 0 unspecified atom stereocenters. The Labute approximate surface area is 251 Å². The molecule has 0 spiro atoms. The summed E-state index contributed by atoms with van der Waals surface area (Å²) >= 11 is 6.13. The zero-order valence-electron chi connectivity index (χ0n) is 24.4. The summed E-state index contributed by atoms with van der Waals surface area (Å²) in [5.74, 6) is -1.85. The van der Waals surface area contributed by atoms with E-state index in [0.717, 1.165) is 36.6 Å². The minimum atomic E-state index is -0.731. The number of amides is 2. The van der Waals surface area contributed by atoms with Crippen molar-refractivity contribution in [2.75, 3.05) is 50.6 Å². The molecule has 0 aliphatic carbocycles. The number of benzene rings is 2. The molecule has 2 aliphatic rings. The Bertz CT molecular complexity index is 1350. The van der Waals surface area contributed by atoms with Gasteiger partial charge >= 0.3 is 18.0 Å². The SMILES string of the molecule is COC(=O)C1=C(C)NC(C)=C(C(=O)OC)C1c1cccc(NC(=O)NCCNC2CCN(c3cccc(Cl)c3)CC2)c1. The van der Waals surface area contributed by atoms with Crippen molar-refractivity contribution >= 4 is 40.9 Å². The highest BCUT2D eigenvalue weighted by Gasteiger charge is 2.37. The smallest absolute Gasteiger partial charge is 0.336 e. The Morgan fingerprint density at radius 1 is 0.929 bits per heavy atom. The van der Waals surface area contributed by atoms with Gasteiger partial charge in [-0.15, -0.1) is 0 Å². The number of rotatable bonds is 9. The summed E-state index contributed by atoms with van der Waals surface area (Å²) in [6, 6.07) is 15.0. The van der Waals surface area contributed by atoms with Crippen LogP contribution in [0.3, 0.4) is 0 Å². The van der Waals surface area contributed by atoms with E-state index in [4.69, 9.17) is 21.1 Å². The lowest BCUT2D eigenvalue weighted by atomic mass is 9.80. The average Bonchev–Trinajstić information content (AvgIpc) is 2.98. The number of dihydropyridines is 1. The standard InChI is InChI=1S/C31H38ClN5O5/c1-19-26(29(38)41-3)28(27(20(2)35-19)30(39)42-4)21-7-5-9-24(17-21)36-31(40)34-14-13-33-23-11-15-37(16-12-23)25-10-6-8-22(32)18-25/h5-10,17-18,23,28,33,35H,11-16H2,1-4H3,(H2,34,36,40). The molecule has 11 heteroatoms. The third-order valence-corrected chi connectivity index (χ3v) is 7.80. The first-order valence-corrected chi connectivity index (χ1v) is 14.3. The van der Waals surface area contributed by atoms with E-state index in [1.807, 2.05) is 18.2 Å². The third-order valence-electron chi connectivity index (χ3n) is 7.56. The highest BCUT2D eigenvalue weighted by atomic mass is 35.5. The van der Waals surface area contributed by atoms with Gasteiger partial charge in [0.2, 0.25) is 0 Å². The number of ether oxygens (including phenoxy) is 2. The predicted octanol–water partition coefficient (Wildman–Crippen LogP) is 4.30. The molecule has 0 aromatic heterocycles. The second-order valence-electron chi connectivity index (χ2n) is 10.3. The van der Waals surface area contributed by atoms with Gasteiger partial charge in [0.25, 0.3) is 0 Å². The van der Waals surface area contributed by atoms with Crippen molar-refractivity contribution in [3.63, 3.8) is 0 Å². The number of carbonyl (C=O) groups excluding carboxylic acids is 3. The Morgan fingerprint density at radius 3 is 2.19 bits per heavy atom. The van der Waals surface area contributed by atoms with Crippen molar-refractivity contribution in [2.24, 2.45) is 0 Å². The van der Waals surface area contributed by atoms with Gasteiger partial charge in [-0.05, 0) is 62.6 Å². The van der Waals surface area contributed by atoms with Crippen molar-refractivity contribution in [1.29, 1.82) is 0 Å². The summed E-state index contributed by atoms with van der Waals surface area (Å²) < 4.78 is 10.1. The van der Waals surface area contributed by atoms with Crippen LogP contribution in [0.1, 0.15) is 38.2 Å². The van der Waals surface area contributed by atoms with Crippen LogP contribution < -0.4 is 26.2 Å². The molecule has 10 nitrogen and oxygen atoms in total. The molecule has 0 radical (unpaired) electrons. The summed E-state index contributed by atoms with van der Waals surface area (Å²) in [6.07, 6.45) is 2.01. The maximum Gasteiger partial charge on any atom is 0.336 e. The molecule has 2 aromatic rings. The van der Waals surface area contributed by atoms with Crippen molar-refractivity contribution in [3.05, 3.63) is 81.7 Å². The van der Waals surface area contributed by atoms with Gasteiger partial charge in [-0.2, -0.15) is 0 Å². The minimum Gasteiger partial charge on any atom is -0.466 e. The number of urea groups is 1. The quantitative estimate of drug-likeness (QED) is 0.250. The highest BCUT2D eigenvalue weighted by molar-refractivity contribution is 6.30. The van der Waals surface area contributed by atoms with E-state index in [-0.39, 0.29) is 6.03 Å². The first-order valence-electron chi connectivity index (χ1n) is 14.0. The van der Waals surface area contributed by atoms with Gasteiger partial charge in [0.15, 0.2) is 0 Å². The molecule has 2 heterocycles. The van der Waals surface area contributed by atoms with E-state index in [0.29, 0.717) is 52.9 Å². The molecular formula is C31H38ClN5O5. The maximum absolute atomic E-state index is 12.8. The Kier molecular flexibility index (Phi) is 10.5. The van der Waals surface area contributed by atoms with E-state index in [9.17, 15) is 14.4 Å². The van der Waals surface area contributed by atoms with Crippen LogP contribution in [-0.2, 0) is 19.1 Å². The molecule has 1 fully saturated rings. The lowest BCUT2D eigenvalue weighted by molar-refractivity contribution is -0.137. The van der Waals surface area contributed by atoms with Crippen LogP contribution in [0.4, 0.5) is 16.2 Å². The number of piperidine rings is 1. The zero-order chi connectivity index (χ0) is 30.2. The fraction of sp³-hybridized carbons (Fsp3) is 0.387. The molecule has 0 atom stereocenters. The summed E-state index contributed by atoms with van der Waals surface area (Å²) in [5.41, 5.74) is 4.06. The summed E-state index contributed by atoms with van der Waals surface area (Å²) in [5, 5.41) is 13.1. The fourth-order valence-electron chi connectivity index (χ4n) is 5.53. The average molecular weight is 596 g/mol. The van der Waals surface area contributed by atoms with Crippen LogP contribution in [0.5, 0.6) is 0 Å². The Balaban J connectivity index is 1.32. The molecule has 42 heavy (non-hydrogen) atoms. The second kappa shape index (κ2) is 14.2. The molecule has 4 rings (SSSR count). The number of carbonyl (C=O) groups is 3. The van der Waals surface area contributed by atoms with Crippen LogP contribution in [0.15, 0.2) is 71.1 Å². The fourth-order valence-corrected chi connectivity index (χ4v) is 5.71. The minimum absolute atomic E-state index is 0.301. The van der Waals surface area contributed by atoms with Crippen LogP contribution in [0.25, 0.3) is 0 Å². The molecule has 4 N–H and O–H groups in total. The van der Waals surface area contributed by atoms with Crippen molar-refractivity contribution in [3.8, 4) is 0 Å². The Morgan fingerprint density at radius 2 is 1.57 bits per heavy atom. The van der Waals surface area contributed by atoms with Gasteiger partial charge in [0.1, 0.15) is 0 Å². The van der Waals surface area contributed by atoms with E-state index in [2.05, 4.69) is 32.2 Å². The van der Waals surface area contributed by atoms with E-state index in [1.165, 1.54) is 14.2 Å². The lowest BCUT2D eigenvalue weighted by Gasteiger charge is -2.34. The monoisotopic (exact) mass is 595 g/mol. The third kappa shape index (κ3) is 7.43. The number of nitrogens with zero attached hydrogens (tertiary/aromatic N) is 1. The van der Waals surface area contributed by atoms with Crippen molar-refractivity contribution < 1.29 is 23.9 Å². The van der Waals surface area contributed by atoms with Crippen LogP contribution in [0.2, 0.25) is 5.02 Å². The first kappa shape index (κ1) is 30.9. The molecule has 224 valence electrons. The topological polar surface area (TPSA) is 121 Å². The number of nitrogens with one attached hydrogen (secondary N) is 4. The maximum atomic E-state index is 12.8. The summed E-state index contributed by atoms with van der Waals surface area (Å²) in [7, 11) is 2.59. The van der Waals surface area contributed by atoms with Crippen molar-refractivity contribution in [1.82, 2.24) is 16.0 Å². The summed E-state index contributed by atoms with van der Waals surface area (Å²) in [6.45, 7) is 6.49. The Hall–Kier alpha value is -4.02. The normalized spacial score (nSPS) is 16.2. The molecule has 2 aliphatic heterocycles. The van der Waals surface area contributed by atoms with Gasteiger partial charge < -0.3 is 35.6 Å². The number of hydrogen-bond donors (Lipinski definition) is 4. The second-order valence-corrected chi connectivity index (χ2v) is 10.8. The number of esters is 2. The number of halogens is 1. The van der Waals surface area contributed by atoms with Crippen molar-refractivity contribution in [2.45, 2.75) is 38.6 Å². The predicted molar refractivity (Wildman–Crippen MR) is 163 cm³/mol. The van der Waals surface area contributed by atoms with Crippen LogP contribution in [0, 0.1) is 0 Å². The van der Waals surface area contributed by atoms with E-state index < -0.39 is 17.9 Å². The van der Waals surface area contributed by atoms with E-state index in [1.54, 1.807) is 38.1 Å². The van der Waals surface area contributed by atoms with Gasteiger partial charge in [-0.3, -0.25) is 0 Å². The highest BCUT2D eigenvalue weighted by Crippen LogP contribution is 2.39. The van der Waals surface area contributed by atoms with Gasteiger partial charge in [-0.25, -0.2) is 14.4 Å². The molecule has 0 bridgehead atoms. The molecule has 1 saturated heterocycles. The first-order chi connectivity index (χ1) is 20.2. The van der Waals surface area contributed by atoms with Gasteiger partial charge in [-0.1, -0.05) is 29.8 Å². The number of methoxy groups -OCH3 is 2. The van der Waals surface area contributed by atoms with Gasteiger partial charge in [0, 0.05) is 60.0 Å². The lowest BCUT2D eigenvalue weighted by Crippen LogP contribution is -2.45. The van der Waals surface area contributed by atoms with Crippen LogP contribution >= 0.6 is 11.6 Å². The number of anilines is 2. The summed E-state index contributed by atoms with van der Waals surface area (Å²) in [4.78, 5) is 40.5. The molecule has 2 aromatic carbocycles. The van der Waals surface area contributed by atoms with Crippen LogP contribution in [-0.4, -0.2) is 64.4 Å². The molecule has 0 saturated carbocycles. The van der Waals surface area contributed by atoms with Gasteiger partial charge in [0.05, 0.1) is 31.3 Å². The molecule has 2 amide bonds. The zero-order valence-corrected chi connectivity index (χ0v) is 25.1.